The van der Waals surface area contributed by atoms with Gasteiger partial charge in [0.15, 0.2) is 0 Å². The predicted octanol–water partition coefficient (Wildman–Crippen LogP) is 2.90. The number of benzene rings is 1. The highest BCUT2D eigenvalue weighted by Crippen LogP contribution is 2.10. The lowest BCUT2D eigenvalue weighted by Gasteiger charge is -2.03. The Kier molecular flexibility index (Phi) is 6.32. The number of hydrogen-bond acceptors (Lipinski definition) is 2. The van der Waals surface area contributed by atoms with Crippen LogP contribution in [0.5, 0.6) is 0 Å². The average Bonchev–Trinajstić information content (AvgIpc) is 2.21. The largest absolute Gasteiger partial charge is 0.316 e. The first-order chi connectivity index (χ1) is 6.83. The third-order valence-electron chi connectivity index (χ3n) is 2.02. The zero-order valence-electron chi connectivity index (χ0n) is 8.17. The fourth-order valence-electron chi connectivity index (χ4n) is 1.21. The van der Waals surface area contributed by atoms with Crippen LogP contribution in [-0.2, 0) is 6.42 Å². The maximum absolute atomic E-state index is 4.16. The number of halogens is 1. The second-order valence-corrected chi connectivity index (χ2v) is 4.57. The lowest BCUT2D eigenvalue weighted by Crippen LogP contribution is -2.18. The van der Waals surface area contributed by atoms with Crippen LogP contribution in [0, 0.1) is 0 Å². The van der Waals surface area contributed by atoms with Crippen LogP contribution < -0.4 is 5.32 Å². The Bertz CT molecular complexity index is 248. The van der Waals surface area contributed by atoms with Gasteiger partial charge in [0, 0.05) is 4.47 Å². The molecule has 14 heavy (non-hydrogen) atoms. The van der Waals surface area contributed by atoms with Gasteiger partial charge in [-0.15, -0.1) is 0 Å². The second-order valence-electron chi connectivity index (χ2n) is 3.20. The molecule has 3 heteroatoms. The fourth-order valence-corrected chi connectivity index (χ4v) is 1.64. The smallest absolute Gasteiger partial charge is 0.0175 e. The monoisotopic (exact) mass is 273 g/mol. The summed E-state index contributed by atoms with van der Waals surface area (Å²) in [4.78, 5) is 0. The van der Waals surface area contributed by atoms with Crippen LogP contribution in [0.1, 0.15) is 12.0 Å². The van der Waals surface area contributed by atoms with Gasteiger partial charge in [0.2, 0.25) is 0 Å². The van der Waals surface area contributed by atoms with Crippen LogP contribution in [-0.4, -0.2) is 18.8 Å². The summed E-state index contributed by atoms with van der Waals surface area (Å²) in [6.07, 6.45) is 2.24. The lowest BCUT2D eigenvalue weighted by atomic mass is 10.1. The Balaban J connectivity index is 2.15. The molecule has 1 N–H and O–H groups in total. The summed E-state index contributed by atoms with van der Waals surface area (Å²) in [5.74, 6) is 0.964. The summed E-state index contributed by atoms with van der Waals surface area (Å²) < 4.78 is 1.14. The molecule has 1 aromatic rings. The third-order valence-corrected chi connectivity index (χ3v) is 2.86. The highest BCUT2D eigenvalue weighted by molar-refractivity contribution is 9.10. The minimum atomic E-state index is 0.964. The van der Waals surface area contributed by atoms with Gasteiger partial charge < -0.3 is 5.32 Å². The number of rotatable bonds is 6. The van der Waals surface area contributed by atoms with Crippen LogP contribution in [0.3, 0.4) is 0 Å². The van der Waals surface area contributed by atoms with Gasteiger partial charge in [-0.1, -0.05) is 28.1 Å². The molecule has 0 aromatic heterocycles. The quantitative estimate of drug-likeness (QED) is 0.600. The molecule has 0 aliphatic rings. The Morgan fingerprint density at radius 1 is 1.14 bits per heavy atom. The molecule has 0 radical (unpaired) electrons. The number of nitrogens with one attached hydrogen (secondary N) is 1. The van der Waals surface area contributed by atoms with Crippen molar-refractivity contribution in [2.24, 2.45) is 0 Å². The summed E-state index contributed by atoms with van der Waals surface area (Å²) in [6.45, 7) is 2.12. The topological polar surface area (TPSA) is 12.0 Å². The molecule has 0 fully saturated rings. The molecule has 0 saturated carbocycles. The lowest BCUT2D eigenvalue weighted by molar-refractivity contribution is 0.675. The molecular weight excluding hydrogens is 258 g/mol. The summed E-state index contributed by atoms with van der Waals surface area (Å²) in [5, 5.41) is 3.39. The zero-order chi connectivity index (χ0) is 10.2. The van der Waals surface area contributed by atoms with Gasteiger partial charge in [0.05, 0.1) is 0 Å². The van der Waals surface area contributed by atoms with Gasteiger partial charge in [-0.3, -0.25) is 0 Å². The van der Waals surface area contributed by atoms with Crippen LogP contribution in [0.15, 0.2) is 28.7 Å². The normalized spacial score (nSPS) is 10.4. The fraction of sp³-hybridized carbons (Fsp3) is 0.455. The van der Waals surface area contributed by atoms with E-state index in [2.05, 4.69) is 58.1 Å². The molecule has 0 aliphatic heterocycles. The van der Waals surface area contributed by atoms with Gasteiger partial charge in [-0.25, -0.2) is 0 Å². The summed E-state index contributed by atoms with van der Waals surface area (Å²) in [7, 11) is 0. The van der Waals surface area contributed by atoms with E-state index in [1.54, 1.807) is 0 Å². The van der Waals surface area contributed by atoms with E-state index in [-0.39, 0.29) is 0 Å². The Labute approximate surface area is 99.8 Å². The zero-order valence-corrected chi connectivity index (χ0v) is 10.7. The van der Waals surface area contributed by atoms with Crippen molar-refractivity contribution in [2.75, 3.05) is 18.8 Å². The molecule has 1 rings (SSSR count). The first-order valence-electron chi connectivity index (χ1n) is 4.89. The molecule has 0 atom stereocenters. The van der Waals surface area contributed by atoms with E-state index in [1.807, 2.05) is 0 Å². The van der Waals surface area contributed by atoms with Crippen LogP contribution >= 0.6 is 28.6 Å². The van der Waals surface area contributed by atoms with Gasteiger partial charge in [-0.05, 0) is 49.4 Å². The van der Waals surface area contributed by atoms with E-state index in [1.165, 1.54) is 5.56 Å². The van der Waals surface area contributed by atoms with Crippen molar-refractivity contribution < 1.29 is 0 Å². The molecule has 0 heterocycles. The van der Waals surface area contributed by atoms with E-state index >= 15 is 0 Å². The van der Waals surface area contributed by atoms with Gasteiger partial charge in [0.1, 0.15) is 0 Å². The predicted molar refractivity (Wildman–Crippen MR) is 69.2 cm³/mol. The van der Waals surface area contributed by atoms with Crippen molar-refractivity contribution in [3.05, 3.63) is 34.3 Å². The highest BCUT2D eigenvalue weighted by Gasteiger charge is 1.92. The molecule has 0 saturated heterocycles. The van der Waals surface area contributed by atoms with Crippen molar-refractivity contribution in [1.82, 2.24) is 5.32 Å². The van der Waals surface area contributed by atoms with Gasteiger partial charge in [-0.2, -0.15) is 12.6 Å². The van der Waals surface area contributed by atoms with Crippen molar-refractivity contribution >= 4 is 28.6 Å². The van der Waals surface area contributed by atoms with E-state index in [4.69, 9.17) is 0 Å². The maximum Gasteiger partial charge on any atom is 0.0175 e. The summed E-state index contributed by atoms with van der Waals surface area (Å²) in [6, 6.07) is 8.49. The highest BCUT2D eigenvalue weighted by atomic mass is 79.9. The SMILES string of the molecule is SCCCNCCc1ccc(Br)cc1. The standard InChI is InChI=1S/C11H16BrNS/c12-11-4-2-10(3-5-11)6-8-13-7-1-9-14/h2-5,13-14H,1,6-9H2. The minimum Gasteiger partial charge on any atom is -0.316 e. The van der Waals surface area contributed by atoms with Crippen molar-refractivity contribution in [3.63, 3.8) is 0 Å². The van der Waals surface area contributed by atoms with Crippen molar-refractivity contribution in [3.8, 4) is 0 Å². The molecule has 78 valence electrons. The van der Waals surface area contributed by atoms with Crippen LogP contribution in [0.25, 0.3) is 0 Å². The Hall–Kier alpha value is 0.01000. The second kappa shape index (κ2) is 7.32. The van der Waals surface area contributed by atoms with E-state index in [9.17, 15) is 0 Å². The van der Waals surface area contributed by atoms with Crippen LogP contribution in [0.2, 0.25) is 0 Å². The number of thiol groups is 1. The third kappa shape index (κ3) is 5.03. The first-order valence-corrected chi connectivity index (χ1v) is 6.31. The Morgan fingerprint density at radius 3 is 2.50 bits per heavy atom. The van der Waals surface area contributed by atoms with Gasteiger partial charge >= 0.3 is 0 Å². The molecule has 0 spiro atoms. The van der Waals surface area contributed by atoms with E-state index in [0.717, 1.165) is 36.2 Å². The van der Waals surface area contributed by atoms with Crippen LogP contribution in [0.4, 0.5) is 0 Å². The summed E-state index contributed by atoms with van der Waals surface area (Å²) in [5.41, 5.74) is 1.38. The van der Waals surface area contributed by atoms with Crippen molar-refractivity contribution in [1.29, 1.82) is 0 Å². The molecular formula is C11H16BrNS. The summed E-state index contributed by atoms with van der Waals surface area (Å²) >= 11 is 7.58. The van der Waals surface area contributed by atoms with E-state index in [0.29, 0.717) is 0 Å². The molecule has 1 aromatic carbocycles. The molecule has 0 amide bonds. The maximum atomic E-state index is 4.16. The average molecular weight is 274 g/mol. The minimum absolute atomic E-state index is 0.964. The number of hydrogen-bond donors (Lipinski definition) is 2. The van der Waals surface area contributed by atoms with Gasteiger partial charge in [0.25, 0.3) is 0 Å². The van der Waals surface area contributed by atoms with Crippen molar-refractivity contribution in [2.45, 2.75) is 12.8 Å². The molecule has 0 unspecified atom stereocenters. The molecule has 0 aliphatic carbocycles. The molecule has 1 nitrogen and oxygen atoms in total. The molecule has 0 bridgehead atoms. The Morgan fingerprint density at radius 2 is 1.86 bits per heavy atom. The van der Waals surface area contributed by atoms with E-state index < -0.39 is 0 Å². The first kappa shape index (κ1) is 12.1.